The number of carbonyl (C=O) groups excluding carboxylic acids is 1. The molecule has 1 saturated heterocycles. The lowest BCUT2D eigenvalue weighted by Gasteiger charge is -2.35. The average Bonchev–Trinajstić information content (AvgIpc) is 2.64. The van der Waals surface area contributed by atoms with Crippen molar-refractivity contribution in [1.82, 2.24) is 5.32 Å². The van der Waals surface area contributed by atoms with Crippen molar-refractivity contribution in [2.24, 2.45) is 11.7 Å². The highest BCUT2D eigenvalue weighted by molar-refractivity contribution is 5.88. The molecule has 0 spiro atoms. The van der Waals surface area contributed by atoms with E-state index in [-0.39, 0.29) is 17.9 Å². The van der Waals surface area contributed by atoms with E-state index in [1.54, 1.807) is 0 Å². The van der Waals surface area contributed by atoms with Gasteiger partial charge in [0.05, 0.1) is 5.92 Å². The number of ether oxygens (including phenoxy) is 1. The quantitative estimate of drug-likeness (QED) is 0.660. The third-order valence-electron chi connectivity index (χ3n) is 4.52. The average molecular weight is 284 g/mol. The van der Waals surface area contributed by atoms with Gasteiger partial charge in [0, 0.05) is 32.1 Å². The highest BCUT2D eigenvalue weighted by atomic mass is 16.5. The summed E-state index contributed by atoms with van der Waals surface area (Å²) in [5, 5.41) is 12.2. The van der Waals surface area contributed by atoms with Crippen LogP contribution in [0.25, 0.3) is 0 Å². The van der Waals surface area contributed by atoms with Gasteiger partial charge in [-0.15, -0.1) is 0 Å². The van der Waals surface area contributed by atoms with Gasteiger partial charge >= 0.3 is 5.97 Å². The van der Waals surface area contributed by atoms with Gasteiger partial charge in [-0.25, -0.2) is 4.79 Å². The molecule has 114 valence electrons. The van der Waals surface area contributed by atoms with E-state index in [2.05, 4.69) is 5.32 Å². The fourth-order valence-electron chi connectivity index (χ4n) is 3.10. The van der Waals surface area contributed by atoms with Gasteiger partial charge < -0.3 is 20.9 Å². The number of hydrogen-bond donors (Lipinski definition) is 3. The summed E-state index contributed by atoms with van der Waals surface area (Å²) in [5.41, 5.74) is 4.89. The van der Waals surface area contributed by atoms with E-state index < -0.39 is 11.5 Å². The fourth-order valence-corrected chi connectivity index (χ4v) is 3.10. The van der Waals surface area contributed by atoms with Gasteiger partial charge in [0.25, 0.3) is 0 Å². The highest BCUT2D eigenvalue weighted by Gasteiger charge is 2.43. The zero-order valence-electron chi connectivity index (χ0n) is 11.8. The molecule has 1 aliphatic carbocycles. The van der Waals surface area contributed by atoms with Crippen LogP contribution >= 0.6 is 0 Å². The molecular formula is C14H24N2O4. The molecule has 0 aromatic heterocycles. The Bertz CT molecular complexity index is 366. The molecule has 0 aromatic rings. The lowest BCUT2D eigenvalue weighted by Crippen LogP contribution is -2.59. The number of nitrogens with one attached hydrogen (secondary N) is 1. The number of carbonyl (C=O) groups is 2. The minimum absolute atomic E-state index is 0.164. The van der Waals surface area contributed by atoms with Gasteiger partial charge in [-0.05, 0) is 12.8 Å². The molecule has 2 unspecified atom stereocenters. The number of carboxylic acids is 1. The van der Waals surface area contributed by atoms with Crippen LogP contribution in [0.2, 0.25) is 0 Å². The number of nitrogens with two attached hydrogens (primary N) is 1. The monoisotopic (exact) mass is 284 g/mol. The van der Waals surface area contributed by atoms with E-state index in [1.165, 1.54) is 0 Å². The molecule has 2 rings (SSSR count). The standard InChI is InChI=1S/C14H24N2O4/c15-11-5-3-1-2-4-10(11)12(17)16-14(13(18)19)6-8-20-9-7-14/h10-11H,1-9,15H2,(H,16,17)(H,18,19). The Labute approximate surface area is 119 Å². The first-order valence-corrected chi connectivity index (χ1v) is 7.44. The summed E-state index contributed by atoms with van der Waals surface area (Å²) in [4.78, 5) is 24.0. The molecule has 0 aromatic carbocycles. The van der Waals surface area contributed by atoms with Crippen molar-refractivity contribution in [3.63, 3.8) is 0 Å². The summed E-state index contributed by atoms with van der Waals surface area (Å²) in [5.74, 6) is -1.45. The molecule has 20 heavy (non-hydrogen) atoms. The lowest BCUT2D eigenvalue weighted by atomic mass is 9.87. The first-order valence-electron chi connectivity index (χ1n) is 7.44. The van der Waals surface area contributed by atoms with E-state index in [4.69, 9.17) is 10.5 Å². The molecule has 0 radical (unpaired) electrons. The Balaban J connectivity index is 2.05. The maximum absolute atomic E-state index is 12.4. The molecule has 6 nitrogen and oxygen atoms in total. The van der Waals surface area contributed by atoms with Crippen molar-refractivity contribution in [3.8, 4) is 0 Å². The van der Waals surface area contributed by atoms with Crippen molar-refractivity contribution >= 4 is 11.9 Å². The summed E-state index contributed by atoms with van der Waals surface area (Å²) in [6.45, 7) is 0.729. The topological polar surface area (TPSA) is 102 Å². The van der Waals surface area contributed by atoms with Gasteiger partial charge in [-0.1, -0.05) is 19.3 Å². The molecule has 2 fully saturated rings. The van der Waals surface area contributed by atoms with Crippen LogP contribution in [0.3, 0.4) is 0 Å². The van der Waals surface area contributed by atoms with Crippen LogP contribution in [0, 0.1) is 5.92 Å². The molecule has 1 heterocycles. The predicted molar refractivity (Wildman–Crippen MR) is 73.1 cm³/mol. The van der Waals surface area contributed by atoms with Gasteiger partial charge in [-0.2, -0.15) is 0 Å². The van der Waals surface area contributed by atoms with Gasteiger partial charge in [0.1, 0.15) is 5.54 Å². The summed E-state index contributed by atoms with van der Waals surface area (Å²) in [7, 11) is 0. The van der Waals surface area contributed by atoms with Crippen molar-refractivity contribution in [2.75, 3.05) is 13.2 Å². The number of amides is 1. The molecule has 2 aliphatic rings. The zero-order chi connectivity index (χ0) is 14.6. The van der Waals surface area contributed by atoms with Crippen molar-refractivity contribution < 1.29 is 19.4 Å². The molecule has 1 aliphatic heterocycles. The Kier molecular flexibility index (Phi) is 4.99. The van der Waals surface area contributed by atoms with Crippen molar-refractivity contribution in [2.45, 2.75) is 56.5 Å². The minimum Gasteiger partial charge on any atom is -0.480 e. The van der Waals surface area contributed by atoms with E-state index in [1.807, 2.05) is 0 Å². The predicted octanol–water partition coefficient (Wildman–Crippen LogP) is 0.644. The second kappa shape index (κ2) is 6.54. The first kappa shape index (κ1) is 15.3. The van der Waals surface area contributed by atoms with E-state index >= 15 is 0 Å². The van der Waals surface area contributed by atoms with E-state index in [0.717, 1.165) is 32.1 Å². The summed E-state index contributed by atoms with van der Waals surface area (Å²) >= 11 is 0. The number of rotatable bonds is 3. The van der Waals surface area contributed by atoms with Crippen molar-refractivity contribution in [3.05, 3.63) is 0 Å². The normalized spacial score (nSPS) is 30.2. The van der Waals surface area contributed by atoms with Crippen LogP contribution in [-0.4, -0.2) is 41.8 Å². The van der Waals surface area contributed by atoms with Crippen LogP contribution in [0.5, 0.6) is 0 Å². The second-order valence-electron chi connectivity index (χ2n) is 5.90. The molecule has 4 N–H and O–H groups in total. The lowest BCUT2D eigenvalue weighted by molar-refractivity contribution is -0.153. The smallest absolute Gasteiger partial charge is 0.329 e. The third-order valence-corrected chi connectivity index (χ3v) is 4.52. The molecule has 1 saturated carbocycles. The minimum atomic E-state index is -1.18. The SMILES string of the molecule is NC1CCCCCC1C(=O)NC1(C(=O)O)CCOCC1. The number of hydrogen-bond acceptors (Lipinski definition) is 4. The Morgan fingerprint density at radius 2 is 1.80 bits per heavy atom. The van der Waals surface area contributed by atoms with Crippen LogP contribution in [-0.2, 0) is 14.3 Å². The van der Waals surface area contributed by atoms with Crippen LogP contribution in [0.1, 0.15) is 44.9 Å². The highest BCUT2D eigenvalue weighted by Crippen LogP contribution is 2.26. The maximum atomic E-state index is 12.4. The number of aliphatic carboxylic acids is 1. The third kappa shape index (κ3) is 3.30. The van der Waals surface area contributed by atoms with Crippen LogP contribution < -0.4 is 11.1 Å². The van der Waals surface area contributed by atoms with Gasteiger partial charge in [0.15, 0.2) is 0 Å². The Hall–Kier alpha value is -1.14. The zero-order valence-corrected chi connectivity index (χ0v) is 11.8. The summed E-state index contributed by atoms with van der Waals surface area (Å²) in [6, 6.07) is -0.164. The van der Waals surface area contributed by atoms with Crippen LogP contribution in [0.15, 0.2) is 0 Å². The summed E-state index contributed by atoms with van der Waals surface area (Å²) < 4.78 is 5.20. The van der Waals surface area contributed by atoms with Crippen LogP contribution in [0.4, 0.5) is 0 Å². The largest absolute Gasteiger partial charge is 0.480 e. The fraction of sp³-hybridized carbons (Fsp3) is 0.857. The summed E-state index contributed by atoms with van der Waals surface area (Å²) in [6.07, 6.45) is 5.33. The molecule has 2 atom stereocenters. The maximum Gasteiger partial charge on any atom is 0.329 e. The first-order chi connectivity index (χ1) is 9.55. The Morgan fingerprint density at radius 3 is 2.45 bits per heavy atom. The Morgan fingerprint density at radius 1 is 1.15 bits per heavy atom. The van der Waals surface area contributed by atoms with E-state index in [9.17, 15) is 14.7 Å². The van der Waals surface area contributed by atoms with Crippen molar-refractivity contribution in [1.29, 1.82) is 0 Å². The molecule has 6 heteroatoms. The molecular weight excluding hydrogens is 260 g/mol. The van der Waals surface area contributed by atoms with Gasteiger partial charge in [-0.3, -0.25) is 4.79 Å². The second-order valence-corrected chi connectivity index (χ2v) is 5.90. The number of carboxylic acid groups (broad SMARTS) is 1. The van der Waals surface area contributed by atoms with Gasteiger partial charge in [0.2, 0.25) is 5.91 Å². The van der Waals surface area contributed by atoms with E-state index in [0.29, 0.717) is 26.1 Å². The molecule has 1 amide bonds. The molecule has 0 bridgehead atoms.